The molecule has 3 rings (SSSR count). The molecule has 2 saturated heterocycles. The summed E-state index contributed by atoms with van der Waals surface area (Å²) in [6.07, 6.45) is 13.2. The summed E-state index contributed by atoms with van der Waals surface area (Å²) in [5.41, 5.74) is 0. The Kier molecular flexibility index (Phi) is 8.20. The Morgan fingerprint density at radius 2 is 1.04 bits per heavy atom. The Morgan fingerprint density at radius 1 is 0.667 bits per heavy atom. The van der Waals surface area contributed by atoms with E-state index >= 15 is 0 Å². The summed E-state index contributed by atoms with van der Waals surface area (Å²) in [6.45, 7) is 0.704. The maximum Gasteiger partial charge on any atom is 0.236 e. The van der Waals surface area contributed by atoms with Crippen molar-refractivity contribution in [1.82, 2.24) is 4.31 Å². The highest BCUT2D eigenvalue weighted by Gasteiger charge is 2.50. The van der Waals surface area contributed by atoms with E-state index in [0.717, 1.165) is 25.7 Å². The van der Waals surface area contributed by atoms with Crippen LogP contribution in [0.4, 0.5) is 0 Å². The molecule has 0 radical (unpaired) electrons. The van der Waals surface area contributed by atoms with E-state index in [1.165, 1.54) is 49.3 Å². The molecule has 0 unspecified atom stereocenters. The molecular formula is C18H32INO6S. The molecule has 158 valence electrons. The zero-order valence-corrected chi connectivity index (χ0v) is 19.0. The molecule has 3 fully saturated rings. The number of piperidine rings is 1. The molecule has 9 heteroatoms. The first kappa shape index (κ1) is 22.2. The van der Waals surface area contributed by atoms with Crippen molar-refractivity contribution in [2.45, 2.75) is 95.0 Å². The van der Waals surface area contributed by atoms with Crippen LogP contribution in [0.15, 0.2) is 0 Å². The zero-order valence-electron chi connectivity index (χ0n) is 16.0. The van der Waals surface area contributed by atoms with Gasteiger partial charge in [0.05, 0.1) is 0 Å². The van der Waals surface area contributed by atoms with Crippen LogP contribution in [0.5, 0.6) is 0 Å². The van der Waals surface area contributed by atoms with Crippen LogP contribution < -0.4 is 0 Å². The summed E-state index contributed by atoms with van der Waals surface area (Å²) >= 11 is 1.88. The molecule has 0 bridgehead atoms. The topological polar surface area (TPSA) is 74.3 Å². The molecule has 0 amide bonds. The minimum absolute atomic E-state index is 0.0790. The Morgan fingerprint density at radius 3 is 1.44 bits per heavy atom. The van der Waals surface area contributed by atoms with E-state index < -0.39 is 21.6 Å². The van der Waals surface area contributed by atoms with Crippen molar-refractivity contribution in [1.29, 1.82) is 0 Å². The predicted molar refractivity (Wildman–Crippen MR) is 109 cm³/mol. The molecule has 1 saturated carbocycles. The van der Waals surface area contributed by atoms with Gasteiger partial charge in [0, 0.05) is 38.8 Å². The summed E-state index contributed by atoms with van der Waals surface area (Å²) in [5, 5.41) is 0. The van der Waals surface area contributed by atoms with Gasteiger partial charge in [-0.2, -0.15) is 19.6 Å². The van der Waals surface area contributed by atoms with Gasteiger partial charge in [0.15, 0.2) is 0 Å². The van der Waals surface area contributed by atoms with Crippen LogP contribution in [0.1, 0.15) is 83.5 Å². The zero-order chi connectivity index (χ0) is 19.2. The summed E-state index contributed by atoms with van der Waals surface area (Å²) in [7, 11) is -3.20. The molecule has 0 atom stereocenters. The van der Waals surface area contributed by atoms with Crippen molar-refractivity contribution in [3.63, 3.8) is 0 Å². The molecule has 2 spiro atoms. The van der Waals surface area contributed by atoms with Crippen molar-refractivity contribution in [3.05, 3.63) is 0 Å². The summed E-state index contributed by atoms with van der Waals surface area (Å²) in [5.74, 6) is -1.82. The average Bonchev–Trinajstić information content (AvgIpc) is 2.67. The second-order valence-corrected chi connectivity index (χ2v) is 11.7. The van der Waals surface area contributed by atoms with Crippen LogP contribution >= 0.6 is 22.6 Å². The normalized spacial score (nSPS) is 28.5. The van der Waals surface area contributed by atoms with E-state index in [1.54, 1.807) is 0 Å². The number of alkyl halides is 1. The Labute approximate surface area is 176 Å². The molecule has 0 aromatic rings. The van der Waals surface area contributed by atoms with Gasteiger partial charge in [-0.3, -0.25) is 0 Å². The second kappa shape index (κ2) is 9.99. The smallest absolute Gasteiger partial charge is 0.211 e. The summed E-state index contributed by atoms with van der Waals surface area (Å²) < 4.78 is 25.6. The van der Waals surface area contributed by atoms with Gasteiger partial charge in [-0.1, -0.05) is 67.5 Å². The van der Waals surface area contributed by atoms with Crippen LogP contribution in [0, 0.1) is 0 Å². The quantitative estimate of drug-likeness (QED) is 0.307. The number of rotatable bonds is 2. The maximum absolute atomic E-state index is 12.0. The molecule has 2 heterocycles. The molecule has 3 aliphatic rings. The van der Waals surface area contributed by atoms with Gasteiger partial charge in [0.25, 0.3) is 0 Å². The van der Waals surface area contributed by atoms with Crippen LogP contribution in [-0.2, 0) is 29.6 Å². The van der Waals surface area contributed by atoms with Crippen molar-refractivity contribution in [2.75, 3.05) is 16.8 Å². The van der Waals surface area contributed by atoms with Gasteiger partial charge >= 0.3 is 0 Å². The van der Waals surface area contributed by atoms with Crippen molar-refractivity contribution in [3.8, 4) is 0 Å². The van der Waals surface area contributed by atoms with Crippen molar-refractivity contribution < 1.29 is 28.0 Å². The van der Waals surface area contributed by atoms with Crippen LogP contribution in [0.2, 0.25) is 0 Å². The number of hydrogen-bond donors (Lipinski definition) is 0. The average molecular weight is 517 g/mol. The Bertz CT molecular complexity index is 540. The molecule has 0 aromatic heterocycles. The molecule has 27 heavy (non-hydrogen) atoms. The van der Waals surface area contributed by atoms with E-state index in [4.69, 9.17) is 19.6 Å². The lowest BCUT2D eigenvalue weighted by molar-refractivity contribution is -0.661. The van der Waals surface area contributed by atoms with Gasteiger partial charge in [0.2, 0.25) is 21.6 Å². The fraction of sp³-hybridized carbons (Fsp3) is 1.00. The maximum atomic E-state index is 12.0. The third kappa shape index (κ3) is 5.99. The van der Waals surface area contributed by atoms with E-state index in [1.807, 2.05) is 22.6 Å². The van der Waals surface area contributed by atoms with Crippen molar-refractivity contribution in [2.24, 2.45) is 0 Å². The Hall–Kier alpha value is 0.480. The van der Waals surface area contributed by atoms with Gasteiger partial charge in [-0.15, -0.1) is 0 Å². The molecule has 2 aliphatic heterocycles. The second-order valence-electron chi connectivity index (χ2n) is 7.96. The van der Waals surface area contributed by atoms with Gasteiger partial charge in [-0.05, 0) is 12.8 Å². The summed E-state index contributed by atoms with van der Waals surface area (Å²) in [4.78, 5) is 23.2. The van der Waals surface area contributed by atoms with E-state index in [0.29, 0.717) is 25.9 Å². The number of nitrogens with zero attached hydrogens (tertiary/aromatic N) is 1. The van der Waals surface area contributed by atoms with E-state index in [2.05, 4.69) is 0 Å². The molecule has 7 nitrogen and oxygen atoms in total. The first-order valence-electron chi connectivity index (χ1n) is 10.3. The van der Waals surface area contributed by atoms with Gasteiger partial charge < -0.3 is 0 Å². The Balaban J connectivity index is 1.54. The van der Waals surface area contributed by atoms with Gasteiger partial charge in [0.1, 0.15) is 3.76 Å². The lowest BCUT2D eigenvalue weighted by atomic mass is 9.97. The highest BCUT2D eigenvalue weighted by Crippen LogP contribution is 2.41. The highest BCUT2D eigenvalue weighted by molar-refractivity contribution is 14.1. The first-order valence-corrected chi connectivity index (χ1v) is 13.4. The number of hydrogen-bond acceptors (Lipinski definition) is 6. The largest absolute Gasteiger partial charge is 0.236 e. The fourth-order valence-electron chi connectivity index (χ4n) is 3.99. The SMILES string of the molecule is O=S(=O)(CI)N1CCC2(CC1)OOC1(CCCCCCCCCCC1)OO2. The third-order valence-corrected chi connectivity index (χ3v) is 9.61. The third-order valence-electron chi connectivity index (χ3n) is 5.82. The van der Waals surface area contributed by atoms with Crippen LogP contribution in [-0.4, -0.2) is 41.1 Å². The molecule has 0 N–H and O–H groups in total. The van der Waals surface area contributed by atoms with Crippen molar-refractivity contribution >= 4 is 32.6 Å². The molecule has 0 aromatic carbocycles. The number of halogens is 1. The minimum atomic E-state index is -3.20. The van der Waals surface area contributed by atoms with Crippen LogP contribution in [0.25, 0.3) is 0 Å². The lowest BCUT2D eigenvalue weighted by Gasteiger charge is -2.46. The highest BCUT2D eigenvalue weighted by atomic mass is 127. The van der Waals surface area contributed by atoms with Crippen LogP contribution in [0.3, 0.4) is 0 Å². The number of sulfonamides is 1. The lowest BCUT2D eigenvalue weighted by Crippen LogP contribution is -2.56. The fourth-order valence-corrected chi connectivity index (χ4v) is 6.05. The standard InChI is InChI=1S/C18H32INO6S/c19-16-27(21,22)20-14-12-18(13-15-20)25-23-17(24-26-18)10-8-6-4-2-1-3-5-7-9-11-17/h1-16H2. The van der Waals surface area contributed by atoms with E-state index in [9.17, 15) is 8.42 Å². The monoisotopic (exact) mass is 517 g/mol. The van der Waals surface area contributed by atoms with E-state index in [-0.39, 0.29) is 3.76 Å². The predicted octanol–water partition coefficient (Wildman–Crippen LogP) is 4.41. The first-order chi connectivity index (χ1) is 13.0. The minimum Gasteiger partial charge on any atom is -0.211 e. The summed E-state index contributed by atoms with van der Waals surface area (Å²) in [6, 6.07) is 0. The molecular weight excluding hydrogens is 485 g/mol. The van der Waals surface area contributed by atoms with Gasteiger partial charge in [-0.25, -0.2) is 12.7 Å². The molecule has 1 aliphatic carbocycles.